The molecule has 394 valence electrons. The number of carbonyl (C=O) groups is 1. The lowest BCUT2D eigenvalue weighted by atomic mass is 9.73. The number of esters is 1. The minimum atomic E-state index is -2.18. The van der Waals surface area contributed by atoms with E-state index in [0.29, 0.717) is 18.2 Å². The summed E-state index contributed by atoms with van der Waals surface area (Å²) in [6.07, 6.45) is -11.8. The fourth-order valence-electron chi connectivity index (χ4n) is 10.1. The maximum Gasteiger partial charge on any atom is 0.338 e. The number of phenolic OH excluding ortho intramolecular Hbond substituents is 17. The molecule has 76 heavy (non-hydrogen) atoms. The predicted molar refractivity (Wildman–Crippen MR) is 252 cm³/mol. The van der Waals surface area contributed by atoms with E-state index >= 15 is 0 Å². The molecular formula is C52H42O24. The SMILES string of the molecule is O=C(O[C@@H]1[C@@H](c2c(O)cc(O)c3c2O[C@H](c2ccc(O)c(O)c2)[C@H](O)C3)c2c(O)cc(O)c([C@H]3c4c(O)cc(O)cc4O[C@H](c4cc(O)c(O)c(O)c4)[C@@H]3O)c2O[C@@H]1c1cc(O)c(O)c(O)c1)c1cc(O)c(O)c(O)c1. The van der Waals surface area contributed by atoms with Crippen molar-refractivity contribution in [2.24, 2.45) is 0 Å². The Bertz CT molecular complexity index is 3510. The molecule has 10 rings (SSSR count). The highest BCUT2D eigenvalue weighted by atomic mass is 16.6. The molecule has 0 saturated carbocycles. The second-order valence-electron chi connectivity index (χ2n) is 18.2. The van der Waals surface area contributed by atoms with Gasteiger partial charge in [0.25, 0.3) is 0 Å². The molecule has 0 radical (unpaired) electrons. The summed E-state index contributed by atoms with van der Waals surface area (Å²) in [5.41, 5.74) is -3.78. The van der Waals surface area contributed by atoms with Gasteiger partial charge >= 0.3 is 5.97 Å². The van der Waals surface area contributed by atoms with Crippen molar-refractivity contribution in [1.82, 2.24) is 0 Å². The third-order valence-corrected chi connectivity index (χ3v) is 13.5. The van der Waals surface area contributed by atoms with Crippen molar-refractivity contribution in [1.29, 1.82) is 0 Å². The number of benzene rings is 7. The van der Waals surface area contributed by atoms with E-state index in [-0.39, 0.29) is 16.7 Å². The third-order valence-electron chi connectivity index (χ3n) is 13.5. The second kappa shape index (κ2) is 17.8. The number of ether oxygens (including phenoxy) is 4. The molecule has 0 spiro atoms. The Kier molecular flexibility index (Phi) is 11.6. The number of carbonyl (C=O) groups excluding carboxylic acids is 1. The Morgan fingerprint density at radius 2 is 0.895 bits per heavy atom. The predicted octanol–water partition coefficient (Wildman–Crippen LogP) is 4.84. The standard InChI is InChI=1S/C52H42O24/c53-19-10-24(57)36-35(11-19)73-47(16-4-28(61)42(68)29(62)5-16)45(71)40(36)37-26(59)14-27(60)39-41(38-25(58)13-22(55)20-12-34(67)46(74-49(20)38)15-1-2-21(54)23(56)3-15)51(76-52(72)18-8-32(65)44(70)33(66)9-18)48(75-50(37)39)17-6-30(63)43(69)31(64)7-17/h1-11,13-14,34,40-41,45-48,51,53-71H,12H2/t34-,40-,41+,45-,46-,47-,48-,51-/m1/s1. The fraction of sp³-hybridized carbons (Fsp3) is 0.173. The van der Waals surface area contributed by atoms with Crippen molar-refractivity contribution < 1.29 is 121 Å². The van der Waals surface area contributed by atoms with Crippen molar-refractivity contribution >= 4 is 5.97 Å². The number of rotatable bonds is 7. The first-order chi connectivity index (χ1) is 35.9. The number of aliphatic hydroxyl groups is 2. The first kappa shape index (κ1) is 49.5. The van der Waals surface area contributed by atoms with Crippen molar-refractivity contribution in [3.63, 3.8) is 0 Å². The molecule has 7 aromatic rings. The fourth-order valence-corrected chi connectivity index (χ4v) is 10.1. The Hall–Kier alpha value is -10.1. The molecule has 0 fully saturated rings. The van der Waals surface area contributed by atoms with Gasteiger partial charge in [0.05, 0.1) is 23.5 Å². The van der Waals surface area contributed by atoms with Crippen molar-refractivity contribution in [2.75, 3.05) is 0 Å². The van der Waals surface area contributed by atoms with E-state index in [1.54, 1.807) is 0 Å². The van der Waals surface area contributed by atoms with Crippen LogP contribution in [-0.2, 0) is 11.2 Å². The molecule has 0 unspecified atom stereocenters. The summed E-state index contributed by atoms with van der Waals surface area (Å²) in [5.74, 6) is -22.3. The average molecular weight is 1050 g/mol. The van der Waals surface area contributed by atoms with Crippen LogP contribution in [0.25, 0.3) is 0 Å². The number of hydrogen-bond donors (Lipinski definition) is 19. The molecule has 3 heterocycles. The van der Waals surface area contributed by atoms with Crippen LogP contribution in [0.2, 0.25) is 0 Å². The molecule has 8 atom stereocenters. The van der Waals surface area contributed by atoms with Crippen LogP contribution < -0.4 is 14.2 Å². The number of aromatic hydroxyl groups is 17. The summed E-state index contributed by atoms with van der Waals surface area (Å²) < 4.78 is 25.2. The van der Waals surface area contributed by atoms with Gasteiger partial charge in [-0.1, -0.05) is 6.07 Å². The van der Waals surface area contributed by atoms with Crippen molar-refractivity contribution in [3.8, 4) is 115 Å². The van der Waals surface area contributed by atoms with Gasteiger partial charge < -0.3 is 116 Å². The van der Waals surface area contributed by atoms with E-state index < -0.39 is 209 Å². The average Bonchev–Trinajstić information content (AvgIpc) is 3.35. The summed E-state index contributed by atoms with van der Waals surface area (Å²) in [6, 6.07) is 11.4. The largest absolute Gasteiger partial charge is 0.508 e. The molecule has 0 saturated heterocycles. The van der Waals surface area contributed by atoms with Crippen molar-refractivity contribution in [3.05, 3.63) is 129 Å². The van der Waals surface area contributed by atoms with Gasteiger partial charge in [-0.25, -0.2) is 4.79 Å². The minimum absolute atomic E-state index is 0.00958. The van der Waals surface area contributed by atoms with Gasteiger partial charge in [0.15, 0.2) is 81.6 Å². The molecule has 3 aliphatic rings. The minimum Gasteiger partial charge on any atom is -0.508 e. The summed E-state index contributed by atoms with van der Waals surface area (Å²) in [7, 11) is 0. The smallest absolute Gasteiger partial charge is 0.338 e. The molecule has 24 heteroatoms. The Morgan fingerprint density at radius 3 is 1.46 bits per heavy atom. The highest BCUT2D eigenvalue weighted by Gasteiger charge is 2.53. The first-order valence-electron chi connectivity index (χ1n) is 22.5. The van der Waals surface area contributed by atoms with E-state index in [4.69, 9.17) is 18.9 Å². The summed E-state index contributed by atoms with van der Waals surface area (Å²) >= 11 is 0. The van der Waals surface area contributed by atoms with Crippen LogP contribution in [0, 0.1) is 0 Å². The highest BCUT2D eigenvalue weighted by molar-refractivity contribution is 5.91. The van der Waals surface area contributed by atoms with Gasteiger partial charge in [-0.2, -0.15) is 0 Å². The molecule has 0 amide bonds. The number of phenols is 17. The van der Waals surface area contributed by atoms with E-state index in [0.717, 1.165) is 54.6 Å². The summed E-state index contributed by atoms with van der Waals surface area (Å²) in [4.78, 5) is 14.5. The highest BCUT2D eigenvalue weighted by Crippen LogP contribution is 2.63. The molecule has 3 aliphatic heterocycles. The second-order valence-corrected chi connectivity index (χ2v) is 18.2. The van der Waals surface area contributed by atoms with Crippen LogP contribution in [0.4, 0.5) is 0 Å². The summed E-state index contributed by atoms with van der Waals surface area (Å²) in [5, 5.41) is 210. The Morgan fingerprint density at radius 1 is 0.421 bits per heavy atom. The monoisotopic (exact) mass is 1050 g/mol. The van der Waals surface area contributed by atoms with Gasteiger partial charge in [0.1, 0.15) is 64.0 Å². The zero-order valence-corrected chi connectivity index (χ0v) is 38.4. The van der Waals surface area contributed by atoms with Gasteiger partial charge in [0, 0.05) is 69.6 Å². The molecule has 0 aliphatic carbocycles. The Balaban J connectivity index is 1.29. The third kappa shape index (κ3) is 7.91. The van der Waals surface area contributed by atoms with Crippen LogP contribution in [0.3, 0.4) is 0 Å². The van der Waals surface area contributed by atoms with E-state index in [9.17, 15) is 102 Å². The zero-order chi connectivity index (χ0) is 54.7. The lowest BCUT2D eigenvalue weighted by molar-refractivity contribution is -0.0303. The summed E-state index contributed by atoms with van der Waals surface area (Å²) in [6.45, 7) is 0. The van der Waals surface area contributed by atoms with E-state index in [1.807, 2.05) is 0 Å². The maximum absolute atomic E-state index is 14.5. The van der Waals surface area contributed by atoms with Crippen molar-refractivity contribution in [2.45, 2.75) is 54.9 Å². The lowest BCUT2D eigenvalue weighted by Crippen LogP contribution is -2.41. The normalized spacial score (nSPS) is 21.4. The first-order valence-corrected chi connectivity index (χ1v) is 22.5. The zero-order valence-electron chi connectivity index (χ0n) is 38.4. The molecular weight excluding hydrogens is 1010 g/mol. The van der Waals surface area contributed by atoms with E-state index in [1.165, 1.54) is 6.07 Å². The molecule has 7 aromatic carbocycles. The number of fused-ring (bicyclic) bond motifs is 3. The lowest BCUT2D eigenvalue weighted by Gasteiger charge is -2.44. The maximum atomic E-state index is 14.5. The van der Waals surface area contributed by atoms with Crippen LogP contribution >= 0.6 is 0 Å². The van der Waals surface area contributed by atoms with Crippen LogP contribution in [-0.4, -0.2) is 121 Å². The van der Waals surface area contributed by atoms with Crippen LogP contribution in [0.1, 0.15) is 85.0 Å². The van der Waals surface area contributed by atoms with Crippen LogP contribution in [0.5, 0.6) is 115 Å². The molecule has 24 nitrogen and oxygen atoms in total. The van der Waals surface area contributed by atoms with Gasteiger partial charge in [0.2, 0.25) is 0 Å². The number of aliphatic hydroxyl groups excluding tert-OH is 2. The quantitative estimate of drug-likeness (QED) is 0.0750. The van der Waals surface area contributed by atoms with Gasteiger partial charge in [-0.15, -0.1) is 0 Å². The van der Waals surface area contributed by atoms with Gasteiger partial charge in [-0.05, 0) is 54.1 Å². The molecule has 19 N–H and O–H groups in total. The topological polar surface area (TPSA) is 438 Å². The number of hydrogen-bond acceptors (Lipinski definition) is 24. The van der Waals surface area contributed by atoms with E-state index in [2.05, 4.69) is 0 Å². The van der Waals surface area contributed by atoms with Gasteiger partial charge in [-0.3, -0.25) is 0 Å². The molecule has 0 aromatic heterocycles. The van der Waals surface area contributed by atoms with Crippen LogP contribution in [0.15, 0.2) is 78.9 Å². The Labute approximate surface area is 424 Å². The molecule has 0 bridgehead atoms.